The van der Waals surface area contributed by atoms with Crippen LogP contribution in [0.25, 0.3) is 33.9 Å². The van der Waals surface area contributed by atoms with Gasteiger partial charge in [0.05, 0.1) is 60.4 Å². The van der Waals surface area contributed by atoms with Crippen molar-refractivity contribution in [1.82, 2.24) is 14.4 Å². The summed E-state index contributed by atoms with van der Waals surface area (Å²) >= 11 is 1.13. The van der Waals surface area contributed by atoms with Gasteiger partial charge in [-0.15, -0.1) is 0 Å². The highest BCUT2D eigenvalue weighted by molar-refractivity contribution is 8.18. The fourth-order valence-corrected chi connectivity index (χ4v) is 9.21. The standard InChI is InChI=1S/C56H67N7O10S/c1-8-22-61(9-2)41-18-17-38-31-43(53(66)72-47(38)32-41)44-36-62-23-20-42(33-49(62)60-44)73-55(4,5)21-25-71-56(6,7)34-39(57)35-63(58)24-26-68-27-28-70-46-19-16-37(29-45(46)64)30-48-51(65)50(54(67)69-10-3)52(74-48)59-40-14-12-11-13-15-40/h11-20,23,29-33,35-36,64-65H,8-10,21-22,24-28,34,57-58H2,1-7H3/b39-35-,48-30-,59-52?. The van der Waals surface area contributed by atoms with E-state index in [9.17, 15) is 19.8 Å². The van der Waals surface area contributed by atoms with Crippen molar-refractivity contribution in [3.63, 3.8) is 0 Å². The van der Waals surface area contributed by atoms with Crippen molar-refractivity contribution in [3.05, 3.63) is 141 Å². The topological polar surface area (TPSA) is 222 Å². The maximum atomic E-state index is 13.2. The molecule has 74 heavy (non-hydrogen) atoms. The third kappa shape index (κ3) is 14.5. The van der Waals surface area contributed by atoms with Gasteiger partial charge < -0.3 is 58.4 Å². The molecule has 6 aromatic rings. The van der Waals surface area contributed by atoms with Crippen LogP contribution in [0.4, 0.5) is 11.4 Å². The summed E-state index contributed by atoms with van der Waals surface area (Å²) in [6.45, 7) is 17.3. The molecule has 1 aliphatic heterocycles. The lowest BCUT2D eigenvalue weighted by atomic mass is 10.0. The summed E-state index contributed by atoms with van der Waals surface area (Å²) in [5.41, 5.74) is 9.58. The van der Waals surface area contributed by atoms with E-state index in [-0.39, 0.29) is 42.7 Å². The predicted octanol–water partition coefficient (Wildman–Crippen LogP) is 10.0. The largest absolute Gasteiger partial charge is 0.506 e. The summed E-state index contributed by atoms with van der Waals surface area (Å²) in [6.07, 6.45) is 9.01. The van der Waals surface area contributed by atoms with E-state index < -0.39 is 22.8 Å². The summed E-state index contributed by atoms with van der Waals surface area (Å²) in [5, 5.41) is 24.4. The van der Waals surface area contributed by atoms with Crippen molar-refractivity contribution in [2.45, 2.75) is 78.9 Å². The molecular formula is C56H67N7O10S. The summed E-state index contributed by atoms with van der Waals surface area (Å²) in [5.74, 6) is 6.07. The van der Waals surface area contributed by atoms with E-state index in [1.807, 2.05) is 93.0 Å². The van der Waals surface area contributed by atoms with E-state index in [1.165, 1.54) is 11.1 Å². The fourth-order valence-electron chi connectivity index (χ4n) is 8.17. The Bertz CT molecular complexity index is 3110. The van der Waals surface area contributed by atoms with Crippen LogP contribution >= 0.6 is 11.8 Å². The molecule has 0 saturated heterocycles. The molecule has 6 N–H and O–H groups in total. The average molecular weight is 1030 g/mol. The van der Waals surface area contributed by atoms with Gasteiger partial charge in [-0.2, -0.15) is 0 Å². The van der Waals surface area contributed by atoms with Crippen LogP contribution in [0.5, 0.6) is 17.2 Å². The zero-order valence-corrected chi connectivity index (χ0v) is 43.9. The van der Waals surface area contributed by atoms with Gasteiger partial charge in [-0.3, -0.25) is 0 Å². The van der Waals surface area contributed by atoms with Crippen LogP contribution < -0.4 is 31.6 Å². The Morgan fingerprint density at radius 3 is 2.47 bits per heavy atom. The summed E-state index contributed by atoms with van der Waals surface area (Å²) in [6, 6.07) is 25.4. The number of para-hydroxylation sites is 1. The number of pyridine rings is 1. The number of aliphatic hydroxyl groups excluding tert-OH is 1. The number of hydrogen-bond donors (Lipinski definition) is 4. The van der Waals surface area contributed by atoms with Gasteiger partial charge in [0, 0.05) is 73.4 Å². The number of aliphatic hydroxyl groups is 1. The van der Waals surface area contributed by atoms with Crippen molar-refractivity contribution in [2.75, 3.05) is 57.6 Å². The third-order valence-corrected chi connectivity index (χ3v) is 12.9. The maximum absolute atomic E-state index is 13.2. The number of nitrogens with zero attached hydrogens (tertiary/aromatic N) is 5. The molecule has 0 radical (unpaired) electrons. The minimum Gasteiger partial charge on any atom is -0.506 e. The molecule has 1 aliphatic rings. The monoisotopic (exact) mass is 1030 g/mol. The van der Waals surface area contributed by atoms with E-state index in [4.69, 9.17) is 44.7 Å². The van der Waals surface area contributed by atoms with Crippen LogP contribution in [-0.4, -0.2) is 99.5 Å². The highest BCUT2D eigenvalue weighted by Gasteiger charge is 2.33. The number of fused-ring (bicyclic) bond motifs is 2. The first-order chi connectivity index (χ1) is 35.4. The number of phenolic OH excluding ortho intramolecular Hbond substituents is 1. The minimum absolute atomic E-state index is 0.0161. The van der Waals surface area contributed by atoms with Gasteiger partial charge in [0.1, 0.15) is 45.6 Å². The summed E-state index contributed by atoms with van der Waals surface area (Å²) in [4.78, 5) is 37.9. The smallest absolute Gasteiger partial charge is 0.345 e. The van der Waals surface area contributed by atoms with Gasteiger partial charge in [0.15, 0.2) is 11.5 Å². The van der Waals surface area contributed by atoms with Gasteiger partial charge in [0.25, 0.3) is 0 Å². The molecule has 0 aliphatic carbocycles. The number of benzene rings is 3. The molecule has 3 aromatic carbocycles. The third-order valence-electron chi connectivity index (χ3n) is 11.8. The van der Waals surface area contributed by atoms with Crippen LogP contribution in [0.15, 0.2) is 140 Å². The number of aromatic hydroxyl groups is 1. The molecule has 4 heterocycles. The van der Waals surface area contributed by atoms with Gasteiger partial charge in [-0.25, -0.2) is 25.4 Å². The Morgan fingerprint density at radius 1 is 0.932 bits per heavy atom. The highest BCUT2D eigenvalue weighted by Crippen LogP contribution is 2.41. The molecule has 0 spiro atoms. The van der Waals surface area contributed by atoms with Crippen molar-refractivity contribution >= 4 is 56.8 Å². The average Bonchev–Trinajstić information content (AvgIpc) is 3.90. The molecule has 0 bridgehead atoms. The van der Waals surface area contributed by atoms with E-state index in [2.05, 4.69) is 29.8 Å². The number of aliphatic imine (C=N–C) groups is 1. The number of ether oxygens (including phenoxy) is 5. The van der Waals surface area contributed by atoms with Crippen LogP contribution in [0.2, 0.25) is 0 Å². The number of aromatic nitrogens is 2. The number of anilines is 1. The lowest BCUT2D eigenvalue weighted by molar-refractivity contribution is -0.138. The first kappa shape index (κ1) is 54.5. The summed E-state index contributed by atoms with van der Waals surface area (Å²) < 4.78 is 37.0. The van der Waals surface area contributed by atoms with Crippen molar-refractivity contribution < 1.29 is 43.1 Å². The van der Waals surface area contributed by atoms with E-state index in [0.717, 1.165) is 42.3 Å². The Kier molecular flexibility index (Phi) is 18.2. The molecule has 3 aromatic heterocycles. The minimum atomic E-state index is -0.675. The Hall–Kier alpha value is -7.25. The number of rotatable bonds is 25. The first-order valence-corrected chi connectivity index (χ1v) is 25.6. The van der Waals surface area contributed by atoms with E-state index >= 15 is 0 Å². The molecule has 0 atom stereocenters. The van der Waals surface area contributed by atoms with Gasteiger partial charge in [-0.05, 0) is 108 Å². The SMILES string of the molecule is CCCN(CC)c1ccc2cc(-c3cn4ccc(OC(C)(C)CCOC(C)(C)C/C(N)=C/N(N)CCOCCOc5ccc(/C=C6\SC(=Nc7ccccc7)C(C(=O)OCC)=C6O)cc5O)cc4n3)c(=O)oc2c1. The number of phenols is 1. The number of thioether (sulfide) groups is 1. The molecule has 0 amide bonds. The molecule has 0 fully saturated rings. The lowest BCUT2D eigenvalue weighted by Crippen LogP contribution is -2.34. The Balaban J connectivity index is 0.824. The van der Waals surface area contributed by atoms with E-state index in [0.29, 0.717) is 87.7 Å². The molecule has 392 valence electrons. The van der Waals surface area contributed by atoms with Gasteiger partial charge >= 0.3 is 11.6 Å². The second kappa shape index (κ2) is 24.6. The number of hydrogen-bond acceptors (Lipinski definition) is 17. The normalized spacial score (nSPS) is 14.4. The molecule has 7 rings (SSSR count). The second-order valence-corrected chi connectivity index (χ2v) is 19.9. The van der Waals surface area contributed by atoms with Crippen LogP contribution in [0.1, 0.15) is 73.3 Å². The number of esters is 1. The highest BCUT2D eigenvalue weighted by atomic mass is 32.2. The molecule has 18 heteroatoms. The number of nitrogens with two attached hydrogens (primary N) is 2. The Labute approximate surface area is 435 Å². The van der Waals surface area contributed by atoms with Gasteiger partial charge in [0.2, 0.25) is 0 Å². The number of imidazole rings is 1. The predicted molar refractivity (Wildman–Crippen MR) is 292 cm³/mol. The molecular weight excluding hydrogens is 963 g/mol. The number of carbonyl (C=O) groups excluding carboxylic acids is 1. The molecule has 17 nitrogen and oxygen atoms in total. The van der Waals surface area contributed by atoms with Crippen LogP contribution in [0, 0.1) is 0 Å². The van der Waals surface area contributed by atoms with E-state index in [1.54, 1.807) is 43.5 Å². The lowest BCUT2D eigenvalue weighted by Gasteiger charge is -2.30. The van der Waals surface area contributed by atoms with Crippen molar-refractivity contribution in [1.29, 1.82) is 0 Å². The zero-order chi connectivity index (χ0) is 53.0. The number of hydrazine groups is 1. The molecule has 0 unspecified atom stereocenters. The van der Waals surface area contributed by atoms with Crippen molar-refractivity contribution in [3.8, 4) is 28.5 Å². The first-order valence-electron chi connectivity index (χ1n) is 24.7. The Morgan fingerprint density at radius 2 is 1.73 bits per heavy atom. The van der Waals surface area contributed by atoms with Crippen molar-refractivity contribution in [2.24, 2.45) is 16.6 Å². The zero-order valence-electron chi connectivity index (χ0n) is 43.1. The quantitative estimate of drug-likeness (QED) is 0.0138. The van der Waals surface area contributed by atoms with Gasteiger partial charge in [-0.1, -0.05) is 43.0 Å². The van der Waals surface area contributed by atoms with Crippen LogP contribution in [0.3, 0.4) is 0 Å². The second-order valence-electron chi connectivity index (χ2n) is 18.8. The van der Waals surface area contributed by atoms with Crippen LogP contribution in [-0.2, 0) is 19.0 Å². The fraction of sp³-hybridized carbons (Fsp3) is 0.357. The maximum Gasteiger partial charge on any atom is 0.345 e. The summed E-state index contributed by atoms with van der Waals surface area (Å²) in [7, 11) is 0. The molecule has 0 saturated carbocycles. The number of carbonyl (C=O) groups is 1.